The molecule has 0 aliphatic carbocycles. The molecule has 1 aromatic carbocycles. The van der Waals surface area contributed by atoms with E-state index in [1.54, 1.807) is 6.92 Å². The Labute approximate surface area is 144 Å². The highest BCUT2D eigenvalue weighted by Gasteiger charge is 2.30. The molecule has 0 saturated heterocycles. The minimum absolute atomic E-state index is 0.0967. The van der Waals surface area contributed by atoms with Crippen LogP contribution < -0.4 is 5.32 Å². The Hall–Kier alpha value is -2.62. The van der Waals surface area contributed by atoms with Crippen LogP contribution in [-0.2, 0) is 11.0 Å². The number of benzene rings is 1. The second-order valence-corrected chi connectivity index (χ2v) is 5.97. The number of anilines is 1. The van der Waals surface area contributed by atoms with E-state index < -0.39 is 22.6 Å². The molecule has 0 unspecified atom stereocenters. The van der Waals surface area contributed by atoms with Gasteiger partial charge in [0.05, 0.1) is 27.0 Å². The Balaban J connectivity index is 1.97. The summed E-state index contributed by atoms with van der Waals surface area (Å²) in [4.78, 5) is 25.8. The van der Waals surface area contributed by atoms with E-state index in [9.17, 15) is 28.1 Å². The minimum atomic E-state index is -4.47. The molecule has 2 rings (SSSR count). The number of thioether (sulfide) groups is 1. The van der Waals surface area contributed by atoms with Crippen molar-refractivity contribution in [1.29, 1.82) is 0 Å². The number of pyridine rings is 1. The second-order valence-electron chi connectivity index (χ2n) is 4.98. The fraction of sp³-hybridized carbons (Fsp3) is 0.200. The lowest BCUT2D eigenvalue weighted by molar-refractivity contribution is -0.384. The van der Waals surface area contributed by atoms with Crippen molar-refractivity contribution in [2.75, 3.05) is 11.1 Å². The van der Waals surface area contributed by atoms with Gasteiger partial charge in [0.1, 0.15) is 0 Å². The van der Waals surface area contributed by atoms with E-state index in [2.05, 4.69) is 10.3 Å². The van der Waals surface area contributed by atoms with Crippen LogP contribution in [0.25, 0.3) is 0 Å². The van der Waals surface area contributed by atoms with Crippen LogP contribution in [0, 0.1) is 17.0 Å². The third kappa shape index (κ3) is 5.18. The second kappa shape index (κ2) is 7.51. The standard InChI is InChI=1S/C15H12F3N3O3S/c1-9-2-4-11(21(23)24)6-12(9)20-13(22)8-25-14-5-3-10(7-19-14)15(16,17)18/h2-7H,8H2,1H3,(H,20,22). The van der Waals surface area contributed by atoms with E-state index in [4.69, 9.17) is 0 Å². The van der Waals surface area contributed by atoms with Gasteiger partial charge in [-0.2, -0.15) is 13.2 Å². The van der Waals surface area contributed by atoms with Crippen molar-refractivity contribution in [2.45, 2.75) is 18.1 Å². The van der Waals surface area contributed by atoms with E-state index in [1.807, 2.05) is 0 Å². The summed E-state index contributed by atoms with van der Waals surface area (Å²) in [6.07, 6.45) is -3.77. The number of hydrogen-bond donors (Lipinski definition) is 1. The molecular weight excluding hydrogens is 359 g/mol. The summed E-state index contributed by atoms with van der Waals surface area (Å²) in [7, 11) is 0. The van der Waals surface area contributed by atoms with E-state index in [1.165, 1.54) is 24.3 Å². The quantitative estimate of drug-likeness (QED) is 0.487. The summed E-state index contributed by atoms with van der Waals surface area (Å²) >= 11 is 0.959. The average molecular weight is 371 g/mol. The zero-order chi connectivity index (χ0) is 18.6. The maximum atomic E-state index is 12.4. The molecule has 0 spiro atoms. The molecule has 2 aromatic rings. The number of amides is 1. The molecule has 1 aromatic heterocycles. The van der Waals surface area contributed by atoms with Gasteiger partial charge in [-0.05, 0) is 24.6 Å². The summed E-state index contributed by atoms with van der Waals surface area (Å²) in [6, 6.07) is 6.15. The lowest BCUT2D eigenvalue weighted by Gasteiger charge is -2.09. The lowest BCUT2D eigenvalue weighted by Crippen LogP contribution is -2.15. The van der Waals surface area contributed by atoms with Gasteiger partial charge in [0.25, 0.3) is 5.69 Å². The first-order valence-electron chi connectivity index (χ1n) is 6.88. The Morgan fingerprint density at radius 2 is 2.04 bits per heavy atom. The van der Waals surface area contributed by atoms with E-state index in [0.717, 1.165) is 17.8 Å². The predicted octanol–water partition coefficient (Wildman–Crippen LogP) is 4.05. The number of alkyl halides is 3. The average Bonchev–Trinajstić information content (AvgIpc) is 2.54. The number of halogens is 3. The molecule has 0 fully saturated rings. The van der Waals surface area contributed by atoms with Crippen LogP contribution in [0.2, 0.25) is 0 Å². The van der Waals surface area contributed by atoms with Crippen LogP contribution in [0.5, 0.6) is 0 Å². The highest BCUT2D eigenvalue weighted by molar-refractivity contribution is 7.99. The van der Waals surface area contributed by atoms with Crippen LogP contribution in [0.15, 0.2) is 41.6 Å². The van der Waals surface area contributed by atoms with Crippen molar-refractivity contribution >= 4 is 29.0 Å². The third-order valence-electron chi connectivity index (χ3n) is 3.12. The summed E-state index contributed by atoms with van der Waals surface area (Å²) in [6.45, 7) is 1.68. The molecule has 6 nitrogen and oxygen atoms in total. The molecule has 0 aliphatic rings. The highest BCUT2D eigenvalue weighted by Crippen LogP contribution is 2.29. The summed E-state index contributed by atoms with van der Waals surface area (Å²) in [5.74, 6) is -0.546. The number of aromatic nitrogens is 1. The molecule has 0 aliphatic heterocycles. The first-order chi connectivity index (χ1) is 11.7. The van der Waals surface area contributed by atoms with Crippen molar-refractivity contribution in [3.8, 4) is 0 Å². The zero-order valence-corrected chi connectivity index (χ0v) is 13.6. The van der Waals surface area contributed by atoms with Crippen molar-refractivity contribution < 1.29 is 22.9 Å². The maximum Gasteiger partial charge on any atom is 0.417 e. The van der Waals surface area contributed by atoms with Gasteiger partial charge >= 0.3 is 6.18 Å². The fourth-order valence-corrected chi connectivity index (χ4v) is 2.46. The van der Waals surface area contributed by atoms with Crippen LogP contribution in [0.4, 0.5) is 24.5 Å². The summed E-state index contributed by atoms with van der Waals surface area (Å²) in [5, 5.41) is 13.6. The number of carbonyl (C=O) groups excluding carboxylic acids is 1. The number of carbonyl (C=O) groups is 1. The van der Waals surface area contributed by atoms with Crippen LogP contribution in [0.3, 0.4) is 0 Å². The Kier molecular flexibility index (Phi) is 5.62. The summed E-state index contributed by atoms with van der Waals surface area (Å²) in [5.41, 5.74) is -0.0664. The van der Waals surface area contributed by atoms with Gasteiger partial charge in [-0.1, -0.05) is 17.8 Å². The first kappa shape index (κ1) is 18.7. The van der Waals surface area contributed by atoms with Crippen molar-refractivity contribution in [1.82, 2.24) is 4.98 Å². The Morgan fingerprint density at radius 1 is 1.32 bits per heavy atom. The molecule has 0 atom stereocenters. The lowest BCUT2D eigenvalue weighted by atomic mass is 10.2. The van der Waals surface area contributed by atoms with Gasteiger partial charge in [-0.3, -0.25) is 14.9 Å². The minimum Gasteiger partial charge on any atom is -0.325 e. The number of nitro groups is 1. The molecular formula is C15H12F3N3O3S. The SMILES string of the molecule is Cc1ccc([N+](=O)[O-])cc1NC(=O)CSc1ccc(C(F)(F)F)cn1. The third-order valence-corrected chi connectivity index (χ3v) is 4.06. The predicted molar refractivity (Wildman–Crippen MR) is 86.4 cm³/mol. The maximum absolute atomic E-state index is 12.4. The highest BCUT2D eigenvalue weighted by atomic mass is 32.2. The topological polar surface area (TPSA) is 85.1 Å². The van der Waals surface area contributed by atoms with E-state index >= 15 is 0 Å². The van der Waals surface area contributed by atoms with Crippen LogP contribution >= 0.6 is 11.8 Å². The fourth-order valence-electron chi connectivity index (χ4n) is 1.82. The van der Waals surface area contributed by atoms with Gasteiger partial charge in [0.15, 0.2) is 0 Å². The van der Waals surface area contributed by atoms with E-state index in [-0.39, 0.29) is 16.5 Å². The molecule has 10 heteroatoms. The molecule has 0 saturated carbocycles. The van der Waals surface area contributed by atoms with Crippen molar-refractivity contribution in [3.05, 3.63) is 57.8 Å². The van der Waals surface area contributed by atoms with Crippen molar-refractivity contribution in [2.24, 2.45) is 0 Å². The largest absolute Gasteiger partial charge is 0.417 e. The van der Waals surface area contributed by atoms with Gasteiger partial charge in [-0.15, -0.1) is 0 Å². The molecule has 1 amide bonds. The number of aryl methyl sites for hydroxylation is 1. The Morgan fingerprint density at radius 3 is 2.60 bits per heavy atom. The Bertz CT molecular complexity index is 795. The molecule has 1 N–H and O–H groups in total. The van der Waals surface area contributed by atoms with Crippen LogP contribution in [-0.4, -0.2) is 21.6 Å². The number of rotatable bonds is 5. The number of nitrogens with one attached hydrogen (secondary N) is 1. The van der Waals surface area contributed by atoms with Gasteiger partial charge in [-0.25, -0.2) is 4.98 Å². The van der Waals surface area contributed by atoms with Gasteiger partial charge in [0.2, 0.25) is 5.91 Å². The van der Waals surface area contributed by atoms with Gasteiger partial charge in [0, 0.05) is 18.3 Å². The van der Waals surface area contributed by atoms with Gasteiger partial charge < -0.3 is 5.32 Å². The molecule has 1 heterocycles. The number of non-ortho nitro benzene ring substituents is 1. The number of nitro benzene ring substituents is 1. The number of nitrogens with zero attached hydrogens (tertiary/aromatic N) is 2. The number of hydrogen-bond acceptors (Lipinski definition) is 5. The molecule has 0 bridgehead atoms. The van der Waals surface area contributed by atoms with Crippen molar-refractivity contribution in [3.63, 3.8) is 0 Å². The smallest absolute Gasteiger partial charge is 0.325 e. The van der Waals surface area contributed by atoms with E-state index in [0.29, 0.717) is 17.4 Å². The molecule has 132 valence electrons. The van der Waals surface area contributed by atoms with Crippen LogP contribution in [0.1, 0.15) is 11.1 Å². The summed E-state index contributed by atoms with van der Waals surface area (Å²) < 4.78 is 37.3. The molecule has 25 heavy (non-hydrogen) atoms. The first-order valence-corrected chi connectivity index (χ1v) is 7.86. The normalized spacial score (nSPS) is 11.2. The monoisotopic (exact) mass is 371 g/mol. The zero-order valence-electron chi connectivity index (χ0n) is 12.8. The molecule has 0 radical (unpaired) electrons.